The van der Waals surface area contributed by atoms with E-state index < -0.39 is 23.5 Å². The van der Waals surface area contributed by atoms with Crippen LogP contribution < -0.4 is 5.32 Å². The molecule has 2 heterocycles. The third-order valence-electron chi connectivity index (χ3n) is 4.44. The molecule has 1 saturated carbocycles. The minimum Gasteiger partial charge on any atom is -0.348 e. The first-order valence-corrected chi connectivity index (χ1v) is 8.29. The summed E-state index contributed by atoms with van der Waals surface area (Å²) in [5.74, 6) is -1.54. The highest BCUT2D eigenvalue weighted by Gasteiger charge is 2.31. The molecule has 4 rings (SSSR count). The maximum atomic E-state index is 13.8. The number of aromatic nitrogens is 3. The fourth-order valence-electron chi connectivity index (χ4n) is 2.81. The number of nitrogens with one attached hydrogen (secondary N) is 1. The molecule has 1 amide bonds. The Balaban J connectivity index is 1.47. The second-order valence-corrected chi connectivity index (χ2v) is 6.44. The largest absolute Gasteiger partial charge is 0.416 e. The first-order valence-electron chi connectivity index (χ1n) is 8.29. The van der Waals surface area contributed by atoms with Gasteiger partial charge in [0.15, 0.2) is 5.65 Å². The molecule has 9 heteroatoms. The van der Waals surface area contributed by atoms with E-state index in [1.54, 1.807) is 12.4 Å². The van der Waals surface area contributed by atoms with Gasteiger partial charge in [-0.05, 0) is 31.0 Å². The van der Waals surface area contributed by atoms with Crippen molar-refractivity contribution in [3.05, 3.63) is 59.3 Å². The number of carbonyl (C=O) groups is 1. The molecule has 0 aliphatic heterocycles. The van der Waals surface area contributed by atoms with E-state index in [4.69, 9.17) is 0 Å². The van der Waals surface area contributed by atoms with E-state index in [1.165, 1.54) is 6.20 Å². The van der Waals surface area contributed by atoms with Gasteiger partial charge in [-0.2, -0.15) is 13.2 Å². The van der Waals surface area contributed by atoms with Crippen molar-refractivity contribution in [1.29, 1.82) is 0 Å². The van der Waals surface area contributed by atoms with E-state index in [1.807, 2.05) is 4.57 Å². The number of carbonyl (C=O) groups excluding carboxylic acids is 1. The van der Waals surface area contributed by atoms with Crippen LogP contribution in [0, 0.1) is 5.82 Å². The van der Waals surface area contributed by atoms with Gasteiger partial charge in [0.05, 0.1) is 17.5 Å². The number of hydrogen-bond acceptors (Lipinski definition) is 3. The number of hydrogen-bond donors (Lipinski definition) is 1. The molecule has 1 N–H and O–H groups in total. The maximum Gasteiger partial charge on any atom is 0.416 e. The number of fused-ring (bicyclic) bond motifs is 1. The third-order valence-corrected chi connectivity index (χ3v) is 4.44. The zero-order chi connectivity index (χ0) is 19.2. The van der Waals surface area contributed by atoms with E-state index in [0.29, 0.717) is 23.3 Å². The molecule has 0 spiro atoms. The number of alkyl halides is 3. The summed E-state index contributed by atoms with van der Waals surface area (Å²) in [5.41, 5.74) is 0.410. The highest BCUT2D eigenvalue weighted by molar-refractivity contribution is 5.96. The minimum atomic E-state index is -4.62. The number of benzene rings is 1. The summed E-state index contributed by atoms with van der Waals surface area (Å²) in [7, 11) is 0. The topological polar surface area (TPSA) is 59.8 Å². The summed E-state index contributed by atoms with van der Waals surface area (Å²) in [6.45, 7) is -0.239. The van der Waals surface area contributed by atoms with Crippen LogP contribution in [-0.4, -0.2) is 20.4 Å². The number of amides is 1. The fourth-order valence-corrected chi connectivity index (χ4v) is 2.81. The van der Waals surface area contributed by atoms with Crippen molar-refractivity contribution < 1.29 is 22.4 Å². The van der Waals surface area contributed by atoms with Crippen molar-refractivity contribution in [2.24, 2.45) is 0 Å². The number of nitrogens with zero attached hydrogens (tertiary/aromatic N) is 3. The number of imidazole rings is 1. The summed E-state index contributed by atoms with van der Waals surface area (Å²) in [6, 6.07) is 4.20. The lowest BCUT2D eigenvalue weighted by atomic mass is 10.1. The average molecular weight is 378 g/mol. The zero-order valence-corrected chi connectivity index (χ0v) is 13.9. The summed E-state index contributed by atoms with van der Waals surface area (Å²) in [4.78, 5) is 20.8. The van der Waals surface area contributed by atoms with E-state index in [2.05, 4.69) is 15.3 Å². The molecule has 0 bridgehead atoms. The van der Waals surface area contributed by atoms with Gasteiger partial charge in [0.2, 0.25) is 0 Å². The van der Waals surface area contributed by atoms with Gasteiger partial charge in [-0.15, -0.1) is 0 Å². The molecule has 140 valence electrons. The van der Waals surface area contributed by atoms with Gasteiger partial charge in [0.1, 0.15) is 11.3 Å². The average Bonchev–Trinajstić information content (AvgIpc) is 3.38. The van der Waals surface area contributed by atoms with Gasteiger partial charge in [-0.3, -0.25) is 4.79 Å². The van der Waals surface area contributed by atoms with Crippen LogP contribution in [0.25, 0.3) is 11.2 Å². The molecule has 5 nitrogen and oxygen atoms in total. The Kier molecular flexibility index (Phi) is 4.09. The predicted molar refractivity (Wildman–Crippen MR) is 88.4 cm³/mol. The number of pyridine rings is 1. The quantitative estimate of drug-likeness (QED) is 0.702. The van der Waals surface area contributed by atoms with Crippen molar-refractivity contribution in [2.45, 2.75) is 31.6 Å². The monoisotopic (exact) mass is 378 g/mol. The van der Waals surface area contributed by atoms with Crippen molar-refractivity contribution in [1.82, 2.24) is 19.9 Å². The van der Waals surface area contributed by atoms with Crippen LogP contribution in [0.15, 0.2) is 36.8 Å². The summed E-state index contributed by atoms with van der Waals surface area (Å²) in [5, 5.41) is 2.49. The Morgan fingerprint density at radius 3 is 2.67 bits per heavy atom. The molecule has 1 aromatic carbocycles. The molecule has 1 aliphatic rings. The van der Waals surface area contributed by atoms with Crippen molar-refractivity contribution in [2.75, 3.05) is 0 Å². The highest BCUT2D eigenvalue weighted by atomic mass is 19.4. The summed E-state index contributed by atoms with van der Waals surface area (Å²) in [6.07, 6.45) is 0.631. The maximum absolute atomic E-state index is 13.8. The SMILES string of the molecule is O=C(NCc1ccc(C(F)(F)F)cc1F)c1cnc2c(c1)ncn2C1CC1. The molecule has 2 aromatic heterocycles. The first-order chi connectivity index (χ1) is 12.8. The van der Waals surface area contributed by atoms with Crippen molar-refractivity contribution >= 4 is 17.1 Å². The van der Waals surface area contributed by atoms with Crippen LogP contribution in [0.4, 0.5) is 17.6 Å². The van der Waals surface area contributed by atoms with Crippen molar-refractivity contribution in [3.63, 3.8) is 0 Å². The van der Waals surface area contributed by atoms with Crippen LogP contribution in [-0.2, 0) is 12.7 Å². The van der Waals surface area contributed by atoms with Gasteiger partial charge < -0.3 is 9.88 Å². The molecule has 0 atom stereocenters. The lowest BCUT2D eigenvalue weighted by molar-refractivity contribution is -0.137. The van der Waals surface area contributed by atoms with E-state index in [0.717, 1.165) is 25.0 Å². The van der Waals surface area contributed by atoms with Gasteiger partial charge in [0, 0.05) is 24.3 Å². The molecule has 1 aliphatic carbocycles. The Labute approximate surface area is 151 Å². The minimum absolute atomic E-state index is 0.0385. The Hall–Kier alpha value is -2.97. The standard InChI is InChI=1S/C18H14F4N4O/c19-14-6-12(18(20,21)22)2-1-10(14)7-24-17(27)11-5-15-16(23-8-11)26(9-25-15)13-3-4-13/h1-2,5-6,8-9,13H,3-4,7H2,(H,24,27). The van der Waals surface area contributed by atoms with Gasteiger partial charge in [0.25, 0.3) is 5.91 Å². The van der Waals surface area contributed by atoms with Crippen molar-refractivity contribution in [3.8, 4) is 0 Å². The summed E-state index contributed by atoms with van der Waals surface area (Å²) >= 11 is 0. The second-order valence-electron chi connectivity index (χ2n) is 6.44. The van der Waals surface area contributed by atoms with Crippen LogP contribution in [0.2, 0.25) is 0 Å². The second kappa shape index (κ2) is 6.33. The molecular weight excluding hydrogens is 364 g/mol. The molecule has 0 radical (unpaired) electrons. The number of rotatable bonds is 4. The molecule has 0 saturated heterocycles. The molecular formula is C18H14F4N4O. The van der Waals surface area contributed by atoms with Gasteiger partial charge in [-0.1, -0.05) is 6.07 Å². The Morgan fingerprint density at radius 1 is 1.22 bits per heavy atom. The predicted octanol–water partition coefficient (Wildman–Crippen LogP) is 3.85. The molecule has 27 heavy (non-hydrogen) atoms. The Morgan fingerprint density at radius 2 is 2.00 bits per heavy atom. The van der Waals surface area contributed by atoms with Gasteiger partial charge in [-0.25, -0.2) is 14.4 Å². The van der Waals surface area contributed by atoms with Crippen LogP contribution in [0.1, 0.15) is 40.4 Å². The fraction of sp³-hybridized carbons (Fsp3) is 0.278. The van der Waals surface area contributed by atoms with E-state index in [-0.39, 0.29) is 17.7 Å². The molecule has 3 aromatic rings. The molecule has 0 unspecified atom stereocenters. The Bertz CT molecular complexity index is 1020. The lowest BCUT2D eigenvalue weighted by Gasteiger charge is -2.10. The summed E-state index contributed by atoms with van der Waals surface area (Å²) < 4.78 is 53.5. The van der Waals surface area contributed by atoms with E-state index in [9.17, 15) is 22.4 Å². The molecule has 1 fully saturated rings. The van der Waals surface area contributed by atoms with Gasteiger partial charge >= 0.3 is 6.18 Å². The van der Waals surface area contributed by atoms with Crippen LogP contribution >= 0.6 is 0 Å². The highest BCUT2D eigenvalue weighted by Crippen LogP contribution is 2.36. The third kappa shape index (κ3) is 3.49. The smallest absolute Gasteiger partial charge is 0.348 e. The van der Waals surface area contributed by atoms with Crippen LogP contribution in [0.3, 0.4) is 0 Å². The van der Waals surface area contributed by atoms with E-state index >= 15 is 0 Å². The zero-order valence-electron chi connectivity index (χ0n) is 13.9. The normalized spacial score (nSPS) is 14.5. The lowest BCUT2D eigenvalue weighted by Crippen LogP contribution is -2.23. The van der Waals surface area contributed by atoms with Crippen LogP contribution in [0.5, 0.6) is 0 Å². The first kappa shape index (κ1) is 17.4. The number of halogens is 4.